The first-order chi connectivity index (χ1) is 9.31. The number of hydrogen-bond donors (Lipinski definition) is 0. The second-order valence-corrected chi connectivity index (χ2v) is 5.03. The Morgan fingerprint density at radius 3 is 2.74 bits per heavy atom. The number of ether oxygens (including phenoxy) is 1. The van der Waals surface area contributed by atoms with E-state index in [2.05, 4.69) is 36.1 Å². The molecule has 0 radical (unpaired) electrons. The van der Waals surface area contributed by atoms with Crippen molar-refractivity contribution >= 4 is 15.9 Å². The second kappa shape index (κ2) is 5.21. The van der Waals surface area contributed by atoms with Crippen LogP contribution in [0.15, 0.2) is 18.3 Å². The van der Waals surface area contributed by atoms with Crippen LogP contribution in [0.3, 0.4) is 0 Å². The molecule has 0 saturated heterocycles. The predicted octanol–water partition coefficient (Wildman–Crippen LogP) is 2.71. The van der Waals surface area contributed by atoms with Gasteiger partial charge >= 0.3 is 0 Å². The van der Waals surface area contributed by atoms with Gasteiger partial charge in [-0.2, -0.15) is 0 Å². The number of halogens is 1. The molecule has 5 nitrogen and oxygen atoms in total. The molecule has 1 aliphatic carbocycles. The lowest BCUT2D eigenvalue weighted by molar-refractivity contribution is 0.392. The Hall–Kier alpha value is -1.56. The van der Waals surface area contributed by atoms with E-state index in [0.717, 1.165) is 16.6 Å². The molecule has 0 N–H and O–H groups in total. The quantitative estimate of drug-likeness (QED) is 0.810. The van der Waals surface area contributed by atoms with Crippen LogP contribution in [0.5, 0.6) is 5.88 Å². The third-order valence-corrected chi connectivity index (χ3v) is 3.69. The average Bonchev–Trinajstić information content (AvgIpc) is 3.31. The van der Waals surface area contributed by atoms with Crippen molar-refractivity contribution in [3.63, 3.8) is 0 Å². The Morgan fingerprint density at radius 2 is 2.16 bits per heavy atom. The summed E-state index contributed by atoms with van der Waals surface area (Å²) in [7, 11) is 1.57. The van der Waals surface area contributed by atoms with Gasteiger partial charge < -0.3 is 4.74 Å². The highest BCUT2D eigenvalue weighted by atomic mass is 79.9. The first-order valence-corrected chi connectivity index (χ1v) is 7.24. The Labute approximate surface area is 119 Å². The van der Waals surface area contributed by atoms with Gasteiger partial charge in [0.25, 0.3) is 0 Å². The first-order valence-electron chi connectivity index (χ1n) is 6.11. The molecule has 0 atom stereocenters. The molecule has 0 spiro atoms. The lowest BCUT2D eigenvalue weighted by atomic mass is 10.2. The van der Waals surface area contributed by atoms with Crippen LogP contribution in [-0.4, -0.2) is 27.3 Å². The largest absolute Gasteiger partial charge is 0.480 e. The summed E-state index contributed by atoms with van der Waals surface area (Å²) in [5.74, 6) is 1.70. The number of rotatable bonds is 4. The Bertz CT molecular complexity index is 584. The summed E-state index contributed by atoms with van der Waals surface area (Å²) in [5.41, 5.74) is 2.97. The molecule has 2 aromatic rings. The maximum Gasteiger partial charge on any atom is 0.233 e. The van der Waals surface area contributed by atoms with Gasteiger partial charge in [-0.3, -0.25) is 0 Å². The number of aromatic nitrogens is 4. The molecular weight excluding hydrogens is 308 g/mol. The van der Waals surface area contributed by atoms with Crippen molar-refractivity contribution in [1.29, 1.82) is 0 Å². The molecule has 2 aromatic heterocycles. The molecule has 3 rings (SSSR count). The Kier molecular flexibility index (Phi) is 3.42. The standard InChI is InChI=1S/C13H13BrN4O/c1-19-11-5-4-10(17-18-11)13-15-7-9(6-14)12(16-13)8-2-3-8/h4-5,7-8H,2-3,6H2,1H3. The maximum atomic E-state index is 4.99. The van der Waals surface area contributed by atoms with Crippen molar-refractivity contribution in [3.8, 4) is 17.4 Å². The zero-order chi connectivity index (χ0) is 13.2. The van der Waals surface area contributed by atoms with Crippen LogP contribution in [0.4, 0.5) is 0 Å². The molecule has 2 heterocycles. The lowest BCUT2D eigenvalue weighted by Crippen LogP contribution is -2.01. The van der Waals surface area contributed by atoms with Gasteiger partial charge in [0, 0.05) is 29.1 Å². The van der Waals surface area contributed by atoms with E-state index in [4.69, 9.17) is 4.74 Å². The maximum absolute atomic E-state index is 4.99. The summed E-state index contributed by atoms with van der Waals surface area (Å²) in [6, 6.07) is 3.59. The van der Waals surface area contributed by atoms with E-state index < -0.39 is 0 Å². The highest BCUT2D eigenvalue weighted by Crippen LogP contribution is 2.41. The highest BCUT2D eigenvalue weighted by Gasteiger charge is 2.28. The molecule has 0 aromatic carbocycles. The topological polar surface area (TPSA) is 60.8 Å². The van der Waals surface area contributed by atoms with Crippen LogP contribution in [0.1, 0.15) is 30.0 Å². The molecule has 0 unspecified atom stereocenters. The Morgan fingerprint density at radius 1 is 1.32 bits per heavy atom. The first kappa shape index (κ1) is 12.5. The molecule has 0 amide bonds. The second-order valence-electron chi connectivity index (χ2n) is 4.47. The summed E-state index contributed by atoms with van der Waals surface area (Å²) in [6.45, 7) is 0. The van der Waals surface area contributed by atoms with E-state index in [1.807, 2.05) is 12.3 Å². The molecule has 1 fully saturated rings. The molecule has 98 valence electrons. The van der Waals surface area contributed by atoms with E-state index >= 15 is 0 Å². The van der Waals surface area contributed by atoms with Crippen molar-refractivity contribution in [2.75, 3.05) is 7.11 Å². The summed E-state index contributed by atoms with van der Waals surface area (Å²) in [4.78, 5) is 9.01. The van der Waals surface area contributed by atoms with Gasteiger partial charge in [0.2, 0.25) is 5.88 Å². The zero-order valence-electron chi connectivity index (χ0n) is 10.5. The SMILES string of the molecule is COc1ccc(-c2ncc(CBr)c(C3CC3)n2)nn1. The van der Waals surface area contributed by atoms with Crippen molar-refractivity contribution in [1.82, 2.24) is 20.2 Å². The summed E-state index contributed by atoms with van der Waals surface area (Å²) < 4.78 is 4.99. The highest BCUT2D eigenvalue weighted by molar-refractivity contribution is 9.08. The van der Waals surface area contributed by atoms with E-state index in [9.17, 15) is 0 Å². The van der Waals surface area contributed by atoms with Crippen LogP contribution in [0, 0.1) is 0 Å². The summed E-state index contributed by atoms with van der Waals surface area (Å²) in [5, 5.41) is 8.81. The van der Waals surface area contributed by atoms with Crippen LogP contribution in [-0.2, 0) is 5.33 Å². The van der Waals surface area contributed by atoms with Gasteiger partial charge in [0.15, 0.2) is 5.82 Å². The molecule has 1 aliphatic rings. The summed E-state index contributed by atoms with van der Waals surface area (Å²) in [6.07, 6.45) is 4.30. The fourth-order valence-electron chi connectivity index (χ4n) is 1.90. The summed E-state index contributed by atoms with van der Waals surface area (Å²) >= 11 is 3.48. The third-order valence-electron chi connectivity index (χ3n) is 3.08. The van der Waals surface area contributed by atoms with Crippen molar-refractivity contribution in [3.05, 3.63) is 29.6 Å². The fraction of sp³-hybridized carbons (Fsp3) is 0.385. The smallest absolute Gasteiger partial charge is 0.233 e. The molecule has 0 aliphatic heterocycles. The van der Waals surface area contributed by atoms with Crippen molar-refractivity contribution in [2.24, 2.45) is 0 Å². The molecular formula is C13H13BrN4O. The third kappa shape index (κ3) is 2.58. The predicted molar refractivity (Wildman–Crippen MR) is 74.2 cm³/mol. The van der Waals surface area contributed by atoms with Crippen LogP contribution >= 0.6 is 15.9 Å². The van der Waals surface area contributed by atoms with Gasteiger partial charge in [-0.15, -0.1) is 10.2 Å². The van der Waals surface area contributed by atoms with Gasteiger partial charge in [-0.05, 0) is 18.9 Å². The normalized spacial score (nSPS) is 14.4. The number of nitrogens with zero attached hydrogens (tertiary/aromatic N) is 4. The average molecular weight is 321 g/mol. The van der Waals surface area contributed by atoms with Gasteiger partial charge in [-0.25, -0.2) is 9.97 Å². The molecule has 6 heteroatoms. The van der Waals surface area contributed by atoms with Gasteiger partial charge in [0.05, 0.1) is 12.8 Å². The number of methoxy groups -OCH3 is 1. The van der Waals surface area contributed by atoms with Gasteiger partial charge in [0.1, 0.15) is 5.69 Å². The number of alkyl halides is 1. The minimum Gasteiger partial charge on any atom is -0.480 e. The van der Waals surface area contributed by atoms with Crippen molar-refractivity contribution in [2.45, 2.75) is 24.1 Å². The monoisotopic (exact) mass is 320 g/mol. The zero-order valence-corrected chi connectivity index (χ0v) is 12.1. The minimum atomic E-state index is 0.489. The van der Waals surface area contributed by atoms with E-state index in [-0.39, 0.29) is 0 Å². The van der Waals surface area contributed by atoms with E-state index in [1.54, 1.807) is 13.2 Å². The van der Waals surface area contributed by atoms with Crippen molar-refractivity contribution < 1.29 is 4.74 Å². The van der Waals surface area contributed by atoms with Gasteiger partial charge in [-0.1, -0.05) is 15.9 Å². The number of hydrogen-bond acceptors (Lipinski definition) is 5. The minimum absolute atomic E-state index is 0.489. The molecule has 0 bridgehead atoms. The van der Waals surface area contributed by atoms with Crippen LogP contribution < -0.4 is 4.74 Å². The Balaban J connectivity index is 1.97. The van der Waals surface area contributed by atoms with E-state index in [0.29, 0.717) is 23.3 Å². The molecule has 1 saturated carbocycles. The van der Waals surface area contributed by atoms with E-state index in [1.165, 1.54) is 12.8 Å². The van der Waals surface area contributed by atoms with Crippen LogP contribution in [0.25, 0.3) is 11.5 Å². The lowest BCUT2D eigenvalue weighted by Gasteiger charge is -2.07. The van der Waals surface area contributed by atoms with Crippen LogP contribution in [0.2, 0.25) is 0 Å². The fourth-order valence-corrected chi connectivity index (χ4v) is 2.34. The molecule has 19 heavy (non-hydrogen) atoms.